The van der Waals surface area contributed by atoms with E-state index in [2.05, 4.69) is 16.2 Å². The molecule has 3 aromatic rings. The third kappa shape index (κ3) is 2.41. The average Bonchev–Trinajstić information content (AvgIpc) is 3.10. The minimum atomic E-state index is 0.169. The van der Waals surface area contributed by atoms with Crippen LogP contribution in [0, 0.1) is 11.3 Å². The van der Waals surface area contributed by atoms with E-state index in [4.69, 9.17) is 9.47 Å². The second-order valence-electron chi connectivity index (χ2n) is 5.25. The monoisotopic (exact) mass is 328 g/mol. The molecular weight excluding hydrogens is 312 g/mol. The lowest BCUT2D eigenvalue weighted by molar-refractivity contribution is 0.397. The highest BCUT2D eigenvalue weighted by molar-refractivity contribution is 7.19. The van der Waals surface area contributed by atoms with Crippen molar-refractivity contribution in [3.05, 3.63) is 29.6 Å². The number of fused-ring (bicyclic) bond motifs is 1. The predicted molar refractivity (Wildman–Crippen MR) is 88.2 cm³/mol. The molecule has 0 bridgehead atoms. The molecule has 0 aliphatic rings. The summed E-state index contributed by atoms with van der Waals surface area (Å²) in [5, 5.41) is 14.7. The maximum atomic E-state index is 9.44. The quantitative estimate of drug-likeness (QED) is 0.733. The van der Waals surface area contributed by atoms with Crippen molar-refractivity contribution in [2.75, 3.05) is 14.2 Å². The molecule has 0 saturated carbocycles. The Hall–Kier alpha value is -2.59. The van der Waals surface area contributed by atoms with Crippen molar-refractivity contribution in [1.82, 2.24) is 14.6 Å². The molecule has 0 aliphatic carbocycles. The van der Waals surface area contributed by atoms with Gasteiger partial charge < -0.3 is 9.47 Å². The van der Waals surface area contributed by atoms with Gasteiger partial charge in [-0.05, 0) is 18.1 Å². The molecule has 0 unspecified atom stereocenters. The van der Waals surface area contributed by atoms with Crippen molar-refractivity contribution in [1.29, 1.82) is 5.26 Å². The molecule has 7 heteroatoms. The van der Waals surface area contributed by atoms with Gasteiger partial charge in [0.1, 0.15) is 17.6 Å². The summed E-state index contributed by atoms with van der Waals surface area (Å²) in [4.78, 5) is 5.24. The van der Waals surface area contributed by atoms with Gasteiger partial charge in [-0.15, -0.1) is 0 Å². The summed E-state index contributed by atoms with van der Waals surface area (Å²) >= 11 is 1.41. The Kier molecular flexibility index (Phi) is 3.92. The lowest BCUT2D eigenvalue weighted by atomic mass is 10.1. The minimum absolute atomic E-state index is 0.169. The molecule has 0 spiro atoms. The van der Waals surface area contributed by atoms with Crippen LogP contribution in [0.3, 0.4) is 0 Å². The average molecular weight is 328 g/mol. The topological polar surface area (TPSA) is 72.4 Å². The first-order valence-corrected chi connectivity index (χ1v) is 7.93. The van der Waals surface area contributed by atoms with Gasteiger partial charge in [-0.3, -0.25) is 0 Å². The van der Waals surface area contributed by atoms with Crippen LogP contribution < -0.4 is 9.47 Å². The second-order valence-corrected chi connectivity index (χ2v) is 6.21. The van der Waals surface area contributed by atoms with Crippen molar-refractivity contribution in [3.8, 4) is 28.1 Å². The molecule has 1 aromatic carbocycles. The van der Waals surface area contributed by atoms with Crippen molar-refractivity contribution >= 4 is 16.3 Å². The highest BCUT2D eigenvalue weighted by Gasteiger charge is 2.22. The summed E-state index contributed by atoms with van der Waals surface area (Å²) < 4.78 is 12.4. The van der Waals surface area contributed by atoms with Crippen LogP contribution in [0.4, 0.5) is 0 Å². The van der Waals surface area contributed by atoms with Gasteiger partial charge in [0.2, 0.25) is 4.96 Å². The lowest BCUT2D eigenvalue weighted by Gasteiger charge is -2.10. The minimum Gasteiger partial charge on any atom is -0.496 e. The number of hydrogen-bond acceptors (Lipinski definition) is 6. The first-order chi connectivity index (χ1) is 11.1. The first-order valence-electron chi connectivity index (χ1n) is 7.11. The van der Waals surface area contributed by atoms with E-state index in [-0.39, 0.29) is 5.92 Å². The fourth-order valence-corrected chi connectivity index (χ4v) is 3.40. The SMILES string of the molecule is COc1cccc(OC)c1-c1nn2c(C#N)c(C(C)C)nc2s1. The molecule has 0 radical (unpaired) electrons. The van der Waals surface area contributed by atoms with E-state index in [1.807, 2.05) is 32.0 Å². The van der Waals surface area contributed by atoms with Crippen LogP contribution in [0.15, 0.2) is 18.2 Å². The van der Waals surface area contributed by atoms with Crippen molar-refractivity contribution in [2.24, 2.45) is 0 Å². The molecule has 23 heavy (non-hydrogen) atoms. The van der Waals surface area contributed by atoms with Gasteiger partial charge in [0.15, 0.2) is 10.7 Å². The number of nitriles is 1. The molecule has 3 rings (SSSR count). The molecule has 0 aliphatic heterocycles. The number of nitrogens with zero attached hydrogens (tertiary/aromatic N) is 4. The summed E-state index contributed by atoms with van der Waals surface area (Å²) in [5.41, 5.74) is 2.01. The number of benzene rings is 1. The summed E-state index contributed by atoms with van der Waals surface area (Å²) in [7, 11) is 3.21. The van der Waals surface area contributed by atoms with Crippen molar-refractivity contribution in [3.63, 3.8) is 0 Å². The first kappa shape index (κ1) is 15.3. The van der Waals surface area contributed by atoms with E-state index < -0.39 is 0 Å². The zero-order valence-electron chi connectivity index (χ0n) is 13.3. The van der Waals surface area contributed by atoms with Crippen LogP contribution in [0.5, 0.6) is 11.5 Å². The molecule has 118 valence electrons. The second kappa shape index (κ2) is 5.89. The number of ether oxygens (including phenoxy) is 2. The fourth-order valence-electron chi connectivity index (χ4n) is 2.43. The lowest BCUT2D eigenvalue weighted by Crippen LogP contribution is -1.97. The number of aromatic nitrogens is 3. The molecule has 0 saturated heterocycles. The van der Waals surface area contributed by atoms with Gasteiger partial charge in [0.25, 0.3) is 0 Å². The third-order valence-corrected chi connectivity index (χ3v) is 4.45. The van der Waals surface area contributed by atoms with E-state index in [0.717, 1.165) is 11.3 Å². The summed E-state index contributed by atoms with van der Waals surface area (Å²) in [5.74, 6) is 1.51. The Balaban J connectivity index is 2.24. The highest BCUT2D eigenvalue weighted by Crippen LogP contribution is 2.40. The smallest absolute Gasteiger partial charge is 0.213 e. The molecular formula is C16H16N4O2S. The standard InChI is InChI=1S/C16H16N4O2S/c1-9(2)14-10(8-17)20-16(18-14)23-15(19-20)13-11(21-3)6-5-7-12(13)22-4/h5-7,9H,1-4H3. The Morgan fingerprint density at radius 3 is 2.39 bits per heavy atom. The maximum Gasteiger partial charge on any atom is 0.213 e. The van der Waals surface area contributed by atoms with Gasteiger partial charge >= 0.3 is 0 Å². The zero-order chi connectivity index (χ0) is 16.6. The van der Waals surface area contributed by atoms with Gasteiger partial charge in [-0.25, -0.2) is 4.98 Å². The van der Waals surface area contributed by atoms with Crippen molar-refractivity contribution in [2.45, 2.75) is 19.8 Å². The number of rotatable bonds is 4. The fraction of sp³-hybridized carbons (Fsp3) is 0.312. The Labute approximate surface area is 137 Å². The highest BCUT2D eigenvalue weighted by atomic mass is 32.1. The molecule has 0 amide bonds. The van der Waals surface area contributed by atoms with Crippen LogP contribution in [-0.2, 0) is 0 Å². The van der Waals surface area contributed by atoms with Gasteiger partial charge in [0, 0.05) is 0 Å². The predicted octanol–water partition coefficient (Wildman–Crippen LogP) is 3.47. The van der Waals surface area contributed by atoms with Crippen LogP contribution in [0.1, 0.15) is 31.2 Å². The molecule has 2 aromatic heterocycles. The van der Waals surface area contributed by atoms with Gasteiger partial charge in [0.05, 0.1) is 25.5 Å². The maximum absolute atomic E-state index is 9.44. The normalized spacial score (nSPS) is 11.0. The number of methoxy groups -OCH3 is 2. The van der Waals surface area contributed by atoms with Crippen LogP contribution in [0.2, 0.25) is 0 Å². The Morgan fingerprint density at radius 1 is 1.22 bits per heavy atom. The van der Waals surface area contributed by atoms with E-state index in [9.17, 15) is 5.26 Å². The van der Waals surface area contributed by atoms with Crippen LogP contribution in [0.25, 0.3) is 15.5 Å². The van der Waals surface area contributed by atoms with E-state index in [1.54, 1.807) is 18.7 Å². The number of imidazole rings is 1. The molecule has 0 atom stereocenters. The molecule has 6 nitrogen and oxygen atoms in total. The largest absolute Gasteiger partial charge is 0.496 e. The summed E-state index contributed by atoms with van der Waals surface area (Å²) in [6.07, 6.45) is 0. The number of hydrogen-bond donors (Lipinski definition) is 0. The Morgan fingerprint density at radius 2 is 1.87 bits per heavy atom. The van der Waals surface area contributed by atoms with Crippen LogP contribution >= 0.6 is 11.3 Å². The van der Waals surface area contributed by atoms with Crippen molar-refractivity contribution < 1.29 is 9.47 Å². The van der Waals surface area contributed by atoms with Gasteiger partial charge in [-0.1, -0.05) is 31.3 Å². The van der Waals surface area contributed by atoms with E-state index >= 15 is 0 Å². The Bertz CT molecular complexity index is 883. The van der Waals surface area contributed by atoms with Crippen LogP contribution in [-0.4, -0.2) is 28.8 Å². The van der Waals surface area contributed by atoms with E-state index in [0.29, 0.717) is 27.2 Å². The molecule has 0 N–H and O–H groups in total. The summed E-state index contributed by atoms with van der Waals surface area (Å²) in [6, 6.07) is 7.77. The third-order valence-electron chi connectivity index (χ3n) is 3.52. The zero-order valence-corrected chi connectivity index (χ0v) is 14.1. The van der Waals surface area contributed by atoms with Gasteiger partial charge in [-0.2, -0.15) is 14.9 Å². The molecule has 0 fully saturated rings. The molecule has 2 heterocycles. The van der Waals surface area contributed by atoms with E-state index in [1.165, 1.54) is 11.3 Å². The summed E-state index contributed by atoms with van der Waals surface area (Å²) in [6.45, 7) is 4.02.